The van der Waals surface area contributed by atoms with Crippen molar-refractivity contribution in [2.75, 3.05) is 5.73 Å². The minimum absolute atomic E-state index is 0.433. The van der Waals surface area contributed by atoms with Gasteiger partial charge >= 0.3 is 0 Å². The zero-order valence-electron chi connectivity index (χ0n) is 7.19. The summed E-state index contributed by atoms with van der Waals surface area (Å²) in [6.07, 6.45) is 2.38. The van der Waals surface area contributed by atoms with Gasteiger partial charge in [0.15, 0.2) is 0 Å². The Morgan fingerprint density at radius 1 is 1.46 bits per heavy atom. The highest BCUT2D eigenvalue weighted by atomic mass is 16.5. The summed E-state index contributed by atoms with van der Waals surface area (Å²) in [6.45, 7) is 0.433. The molecule has 68 valence electrons. The lowest BCUT2D eigenvalue weighted by Gasteiger charge is -2.05. The van der Waals surface area contributed by atoms with Gasteiger partial charge in [0, 0.05) is 5.69 Å². The lowest BCUT2D eigenvalue weighted by Crippen LogP contribution is -1.95. The van der Waals surface area contributed by atoms with Crippen LogP contribution in [0.4, 0.5) is 5.69 Å². The van der Waals surface area contributed by atoms with E-state index in [1.165, 1.54) is 12.8 Å². The topological polar surface area (TPSA) is 52.3 Å². The van der Waals surface area contributed by atoms with E-state index >= 15 is 0 Å². The third-order valence-electron chi connectivity index (χ3n) is 2.26. The lowest BCUT2D eigenvalue weighted by atomic mass is 10.1. The van der Waals surface area contributed by atoms with Crippen LogP contribution in [0.5, 0.6) is 5.75 Å². The van der Waals surface area contributed by atoms with Crippen LogP contribution >= 0.6 is 0 Å². The van der Waals surface area contributed by atoms with E-state index < -0.39 is 0 Å². The van der Waals surface area contributed by atoms with Gasteiger partial charge in [0.05, 0.1) is 0 Å². The maximum Gasteiger partial charge on any atom is 0.298 e. The molecule has 0 unspecified atom stereocenters. The third-order valence-corrected chi connectivity index (χ3v) is 2.26. The van der Waals surface area contributed by atoms with Gasteiger partial charge in [-0.2, -0.15) is 0 Å². The summed E-state index contributed by atoms with van der Waals surface area (Å²) in [5, 5.41) is 0. The van der Waals surface area contributed by atoms with Crippen LogP contribution in [0.1, 0.15) is 24.3 Å². The molecule has 0 aliphatic heterocycles. The Bertz CT molecular complexity index is 332. The number of nitrogen functional groups attached to an aromatic ring is 1. The Hall–Kier alpha value is -1.51. The Morgan fingerprint density at radius 3 is 2.85 bits per heavy atom. The van der Waals surface area contributed by atoms with E-state index in [0.717, 1.165) is 11.3 Å². The first-order chi connectivity index (χ1) is 6.31. The summed E-state index contributed by atoms with van der Waals surface area (Å²) >= 11 is 0. The van der Waals surface area contributed by atoms with Crippen LogP contribution in [0.25, 0.3) is 0 Å². The number of benzene rings is 1. The number of anilines is 1. The van der Waals surface area contributed by atoms with Crippen molar-refractivity contribution in [3.05, 3.63) is 23.8 Å². The number of rotatable bonds is 3. The second-order valence-corrected chi connectivity index (χ2v) is 3.28. The third kappa shape index (κ3) is 1.64. The Morgan fingerprint density at radius 2 is 2.23 bits per heavy atom. The highest BCUT2D eigenvalue weighted by Gasteiger charge is 2.25. The number of ether oxygens (including phenoxy) is 1. The van der Waals surface area contributed by atoms with Crippen molar-refractivity contribution in [2.45, 2.75) is 18.8 Å². The maximum absolute atomic E-state index is 10.1. The predicted octanol–water partition coefficient (Wildman–Crippen LogP) is 1.68. The summed E-state index contributed by atoms with van der Waals surface area (Å²) in [5.41, 5.74) is 7.69. The molecule has 1 aliphatic carbocycles. The quantitative estimate of drug-likeness (QED) is 0.564. The minimum Gasteiger partial charge on any atom is -0.429 e. The molecular weight excluding hydrogens is 166 g/mol. The smallest absolute Gasteiger partial charge is 0.298 e. The Labute approximate surface area is 76.5 Å². The van der Waals surface area contributed by atoms with Crippen LogP contribution in [0.2, 0.25) is 0 Å². The van der Waals surface area contributed by atoms with Gasteiger partial charge in [0.1, 0.15) is 5.75 Å². The van der Waals surface area contributed by atoms with Gasteiger partial charge in [-0.1, -0.05) is 0 Å². The molecule has 1 saturated carbocycles. The molecule has 0 aromatic heterocycles. The highest BCUT2D eigenvalue weighted by Crippen LogP contribution is 2.43. The molecule has 1 aromatic rings. The van der Waals surface area contributed by atoms with E-state index in [0.29, 0.717) is 18.1 Å². The molecule has 0 bridgehead atoms. The maximum atomic E-state index is 10.1. The largest absolute Gasteiger partial charge is 0.429 e. The monoisotopic (exact) mass is 177 g/mol. The van der Waals surface area contributed by atoms with E-state index in [2.05, 4.69) is 0 Å². The number of carbonyl (C=O) groups excluding carboxylic acids is 1. The first-order valence-electron chi connectivity index (χ1n) is 4.31. The van der Waals surface area contributed by atoms with Crippen LogP contribution in [0.15, 0.2) is 18.2 Å². The van der Waals surface area contributed by atoms with Crippen molar-refractivity contribution in [3.8, 4) is 5.75 Å². The molecule has 2 rings (SSSR count). The average Bonchev–Trinajstić information content (AvgIpc) is 2.92. The molecule has 1 aromatic carbocycles. The summed E-state index contributed by atoms with van der Waals surface area (Å²) in [5.74, 6) is 1.15. The molecule has 0 spiro atoms. The van der Waals surface area contributed by atoms with Gasteiger partial charge in [-0.3, -0.25) is 4.79 Å². The molecule has 1 fully saturated rings. The van der Waals surface area contributed by atoms with Crippen LogP contribution in [-0.4, -0.2) is 6.47 Å². The van der Waals surface area contributed by atoms with Gasteiger partial charge in [-0.05, 0) is 42.5 Å². The normalized spacial score (nSPS) is 15.4. The van der Waals surface area contributed by atoms with E-state index in [1.54, 1.807) is 12.1 Å². The van der Waals surface area contributed by atoms with Crippen molar-refractivity contribution in [1.29, 1.82) is 0 Å². The number of nitrogens with two attached hydrogens (primary N) is 1. The van der Waals surface area contributed by atoms with Gasteiger partial charge in [0.25, 0.3) is 6.47 Å². The summed E-state index contributed by atoms with van der Waals surface area (Å²) in [6, 6.07) is 5.34. The fourth-order valence-electron chi connectivity index (χ4n) is 1.43. The van der Waals surface area contributed by atoms with Crippen molar-refractivity contribution in [1.82, 2.24) is 0 Å². The van der Waals surface area contributed by atoms with Crippen LogP contribution in [0, 0.1) is 0 Å². The summed E-state index contributed by atoms with van der Waals surface area (Å²) in [4.78, 5) is 10.1. The van der Waals surface area contributed by atoms with E-state index in [4.69, 9.17) is 10.5 Å². The zero-order chi connectivity index (χ0) is 9.26. The molecule has 13 heavy (non-hydrogen) atoms. The van der Waals surface area contributed by atoms with Gasteiger partial charge < -0.3 is 10.5 Å². The fourth-order valence-corrected chi connectivity index (χ4v) is 1.43. The highest BCUT2D eigenvalue weighted by molar-refractivity contribution is 5.55. The molecule has 0 atom stereocenters. The average molecular weight is 177 g/mol. The van der Waals surface area contributed by atoms with E-state index in [1.807, 2.05) is 6.07 Å². The van der Waals surface area contributed by atoms with Gasteiger partial charge in [-0.25, -0.2) is 0 Å². The number of hydrogen-bond donors (Lipinski definition) is 1. The van der Waals surface area contributed by atoms with Crippen LogP contribution < -0.4 is 10.5 Å². The first kappa shape index (κ1) is 8.10. The number of hydrogen-bond acceptors (Lipinski definition) is 3. The second kappa shape index (κ2) is 3.09. The van der Waals surface area contributed by atoms with E-state index in [-0.39, 0.29) is 0 Å². The minimum atomic E-state index is 0.433. The molecule has 0 saturated heterocycles. The fraction of sp³-hybridized carbons (Fsp3) is 0.300. The zero-order valence-corrected chi connectivity index (χ0v) is 7.19. The van der Waals surface area contributed by atoms with Gasteiger partial charge in [-0.15, -0.1) is 0 Å². The Balaban J connectivity index is 2.30. The molecule has 1 aliphatic rings. The molecule has 3 nitrogen and oxygen atoms in total. The van der Waals surface area contributed by atoms with Crippen LogP contribution in [0.3, 0.4) is 0 Å². The van der Waals surface area contributed by atoms with Crippen LogP contribution in [-0.2, 0) is 4.79 Å². The van der Waals surface area contributed by atoms with Crippen molar-refractivity contribution in [2.24, 2.45) is 0 Å². The van der Waals surface area contributed by atoms with Crippen molar-refractivity contribution in [3.63, 3.8) is 0 Å². The van der Waals surface area contributed by atoms with Gasteiger partial charge in [0.2, 0.25) is 0 Å². The molecule has 0 amide bonds. The molecule has 3 heteroatoms. The standard InChI is InChI=1S/C10H11NO2/c11-10-4-3-8(13-6-12)5-9(10)7-1-2-7/h3-7H,1-2,11H2. The van der Waals surface area contributed by atoms with Crippen molar-refractivity contribution >= 4 is 12.2 Å². The Kier molecular flexibility index (Phi) is 1.93. The molecular formula is C10H11NO2. The SMILES string of the molecule is Nc1ccc(OC=O)cc1C1CC1. The summed E-state index contributed by atoms with van der Waals surface area (Å²) < 4.78 is 4.74. The van der Waals surface area contributed by atoms with E-state index in [9.17, 15) is 4.79 Å². The molecule has 2 N–H and O–H groups in total. The first-order valence-corrected chi connectivity index (χ1v) is 4.31. The summed E-state index contributed by atoms with van der Waals surface area (Å²) in [7, 11) is 0. The second-order valence-electron chi connectivity index (χ2n) is 3.28. The predicted molar refractivity (Wildman–Crippen MR) is 49.5 cm³/mol. The molecule has 0 heterocycles. The molecule has 0 radical (unpaired) electrons. The number of carbonyl (C=O) groups is 1. The lowest BCUT2D eigenvalue weighted by molar-refractivity contribution is -0.120. The van der Waals surface area contributed by atoms with Crippen molar-refractivity contribution < 1.29 is 9.53 Å².